The molecule has 156 valence electrons. The standard InChI is InChI=1S/C25H22ClN3O2/c1-16-6-10-19(11-7-16)23-22(27-24(30)20-5-3-4-17(2)14-20)25(31)28-29(23)15-18-8-12-21(26)13-9-18/h3-15,22-23H,1-2H3,(H-,27,28,30,31)/p+1/b29-15-/t22-,23+/m1/s1. The van der Waals surface area contributed by atoms with Crippen molar-refractivity contribution in [1.29, 1.82) is 0 Å². The predicted molar refractivity (Wildman–Crippen MR) is 121 cm³/mol. The molecule has 3 aromatic carbocycles. The molecule has 1 aliphatic heterocycles. The summed E-state index contributed by atoms with van der Waals surface area (Å²) in [5, 5.41) is 3.57. The molecule has 2 N–H and O–H groups in total. The molecule has 0 aliphatic carbocycles. The van der Waals surface area contributed by atoms with E-state index in [0.29, 0.717) is 10.6 Å². The number of halogens is 1. The summed E-state index contributed by atoms with van der Waals surface area (Å²) in [4.78, 5) is 25.8. The van der Waals surface area contributed by atoms with Crippen LogP contribution in [0.25, 0.3) is 0 Å². The average molecular weight is 433 g/mol. The van der Waals surface area contributed by atoms with Crippen LogP contribution in [0.1, 0.15) is 38.7 Å². The molecule has 4 rings (SSSR count). The van der Waals surface area contributed by atoms with E-state index in [1.54, 1.807) is 28.9 Å². The van der Waals surface area contributed by atoms with Gasteiger partial charge in [-0.25, -0.2) is 0 Å². The summed E-state index contributed by atoms with van der Waals surface area (Å²) in [7, 11) is 0. The van der Waals surface area contributed by atoms with E-state index >= 15 is 0 Å². The first kappa shape index (κ1) is 20.8. The maximum Gasteiger partial charge on any atom is 0.304 e. The normalized spacial score (nSPS) is 19.3. The molecule has 6 heteroatoms. The molecule has 0 spiro atoms. The largest absolute Gasteiger partial charge is 0.334 e. The second-order valence-electron chi connectivity index (χ2n) is 7.74. The highest BCUT2D eigenvalue weighted by Gasteiger charge is 2.47. The highest BCUT2D eigenvalue weighted by atomic mass is 35.5. The number of hydrazone groups is 1. The molecule has 2 atom stereocenters. The number of aryl methyl sites for hydroxylation is 2. The molecule has 0 bridgehead atoms. The van der Waals surface area contributed by atoms with Crippen LogP contribution >= 0.6 is 11.6 Å². The Kier molecular flexibility index (Phi) is 5.87. The highest BCUT2D eigenvalue weighted by molar-refractivity contribution is 6.30. The fourth-order valence-corrected chi connectivity index (χ4v) is 3.79. The lowest BCUT2D eigenvalue weighted by Crippen LogP contribution is -2.42. The molecule has 0 radical (unpaired) electrons. The third-order valence-corrected chi connectivity index (χ3v) is 5.53. The number of rotatable bonds is 4. The molecule has 1 fully saturated rings. The van der Waals surface area contributed by atoms with Crippen molar-refractivity contribution in [1.82, 2.24) is 10.7 Å². The molecule has 0 aromatic heterocycles. The molecule has 1 aliphatic rings. The molecule has 3 aromatic rings. The Hall–Kier alpha value is -3.44. The van der Waals surface area contributed by atoms with E-state index in [4.69, 9.17) is 11.6 Å². The molecule has 0 unspecified atom stereocenters. The maximum atomic E-state index is 12.9. The number of amides is 2. The predicted octanol–water partition coefficient (Wildman–Crippen LogP) is 3.97. The quantitative estimate of drug-likeness (QED) is 0.613. The zero-order chi connectivity index (χ0) is 22.0. The van der Waals surface area contributed by atoms with Gasteiger partial charge in [0.05, 0.1) is 0 Å². The number of hydrogen-bond donors (Lipinski definition) is 2. The van der Waals surface area contributed by atoms with Crippen LogP contribution in [0.5, 0.6) is 0 Å². The van der Waals surface area contributed by atoms with Crippen molar-refractivity contribution in [2.45, 2.75) is 25.9 Å². The Labute approximate surface area is 186 Å². The Morgan fingerprint density at radius 2 is 1.71 bits per heavy atom. The highest BCUT2D eigenvalue weighted by Crippen LogP contribution is 2.26. The van der Waals surface area contributed by atoms with E-state index < -0.39 is 12.1 Å². The van der Waals surface area contributed by atoms with E-state index in [1.165, 1.54) is 0 Å². The van der Waals surface area contributed by atoms with Crippen molar-refractivity contribution >= 4 is 29.6 Å². The van der Waals surface area contributed by atoms with E-state index in [2.05, 4.69) is 10.7 Å². The van der Waals surface area contributed by atoms with Gasteiger partial charge in [0, 0.05) is 21.7 Å². The number of hydrogen-bond acceptors (Lipinski definition) is 2. The first-order chi connectivity index (χ1) is 14.9. The molecule has 0 saturated carbocycles. The second kappa shape index (κ2) is 8.74. The van der Waals surface area contributed by atoms with Gasteiger partial charge in [-0.05, 0) is 50.2 Å². The fourth-order valence-electron chi connectivity index (χ4n) is 3.66. The van der Waals surface area contributed by atoms with Crippen LogP contribution in [0.15, 0.2) is 72.8 Å². The molecule has 2 amide bonds. The third-order valence-electron chi connectivity index (χ3n) is 5.28. The number of carbonyl (C=O) groups excluding carboxylic acids is 2. The summed E-state index contributed by atoms with van der Waals surface area (Å²) in [6.07, 6.45) is 1.84. The Morgan fingerprint density at radius 3 is 2.39 bits per heavy atom. The van der Waals surface area contributed by atoms with Crippen LogP contribution in [0.2, 0.25) is 5.02 Å². The minimum absolute atomic E-state index is 0.267. The topological polar surface area (TPSA) is 61.2 Å². The van der Waals surface area contributed by atoms with Gasteiger partial charge in [-0.2, -0.15) is 0 Å². The van der Waals surface area contributed by atoms with E-state index in [-0.39, 0.29) is 11.8 Å². The van der Waals surface area contributed by atoms with Crippen LogP contribution in [-0.2, 0) is 4.79 Å². The number of nitrogens with zero attached hydrogens (tertiary/aromatic N) is 1. The number of benzene rings is 3. The maximum absolute atomic E-state index is 12.9. The molecular weight excluding hydrogens is 410 g/mol. The van der Waals surface area contributed by atoms with Gasteiger partial charge in [0.25, 0.3) is 5.91 Å². The van der Waals surface area contributed by atoms with Gasteiger partial charge < -0.3 is 5.32 Å². The van der Waals surface area contributed by atoms with E-state index in [1.807, 2.05) is 68.6 Å². The number of nitrogens with one attached hydrogen (secondary N) is 2. The summed E-state index contributed by atoms with van der Waals surface area (Å²) < 4.78 is 1.75. The van der Waals surface area contributed by atoms with Crippen LogP contribution in [0.3, 0.4) is 0 Å². The van der Waals surface area contributed by atoms with Gasteiger partial charge in [0.2, 0.25) is 12.3 Å². The van der Waals surface area contributed by atoms with Crippen molar-refractivity contribution in [3.05, 3.63) is 106 Å². The van der Waals surface area contributed by atoms with Gasteiger partial charge in [-0.3, -0.25) is 9.59 Å². The Balaban J connectivity index is 1.70. The van der Waals surface area contributed by atoms with Crippen LogP contribution < -0.4 is 10.7 Å². The zero-order valence-corrected chi connectivity index (χ0v) is 18.1. The summed E-state index contributed by atoms with van der Waals surface area (Å²) >= 11 is 6.00. The number of hydrazine groups is 1. The van der Waals surface area contributed by atoms with Gasteiger partial charge in [-0.1, -0.05) is 59.1 Å². The van der Waals surface area contributed by atoms with E-state index in [0.717, 1.165) is 22.3 Å². The monoisotopic (exact) mass is 432 g/mol. The van der Waals surface area contributed by atoms with Gasteiger partial charge in [0.1, 0.15) is 0 Å². The molecule has 1 heterocycles. The van der Waals surface area contributed by atoms with Crippen LogP contribution in [-0.4, -0.2) is 28.8 Å². The second-order valence-corrected chi connectivity index (χ2v) is 8.18. The van der Waals surface area contributed by atoms with Gasteiger partial charge in [0.15, 0.2) is 6.04 Å². The minimum atomic E-state index is -0.751. The molecule has 5 nitrogen and oxygen atoms in total. The van der Waals surface area contributed by atoms with Crippen molar-refractivity contribution in [2.24, 2.45) is 0 Å². The van der Waals surface area contributed by atoms with Crippen LogP contribution in [0.4, 0.5) is 0 Å². The Morgan fingerprint density at radius 1 is 1.00 bits per heavy atom. The molecule has 31 heavy (non-hydrogen) atoms. The summed E-state index contributed by atoms with van der Waals surface area (Å²) in [6.45, 7) is 3.94. The summed E-state index contributed by atoms with van der Waals surface area (Å²) in [5.74, 6) is -0.550. The number of carbonyl (C=O) groups is 2. The lowest BCUT2D eigenvalue weighted by Gasteiger charge is -2.15. The first-order valence-corrected chi connectivity index (χ1v) is 10.4. The summed E-state index contributed by atoms with van der Waals surface area (Å²) in [5.41, 5.74) is 7.32. The van der Waals surface area contributed by atoms with Crippen molar-refractivity contribution in [2.75, 3.05) is 0 Å². The minimum Gasteiger partial charge on any atom is -0.334 e. The van der Waals surface area contributed by atoms with Crippen molar-refractivity contribution < 1.29 is 14.3 Å². The zero-order valence-electron chi connectivity index (χ0n) is 17.3. The summed E-state index contributed by atoms with van der Waals surface area (Å²) in [6, 6.07) is 21.4. The molecule has 1 saturated heterocycles. The van der Waals surface area contributed by atoms with Crippen molar-refractivity contribution in [3.8, 4) is 0 Å². The SMILES string of the molecule is Cc1ccc([C@H]2[C@@H](NC(=O)c3cccc(C)c3)C(=O)N/[N+]2=C\c2ccc(Cl)cc2)cc1. The third kappa shape index (κ3) is 4.67. The lowest BCUT2D eigenvalue weighted by molar-refractivity contribution is -0.596. The van der Waals surface area contributed by atoms with Gasteiger partial charge >= 0.3 is 5.91 Å². The van der Waals surface area contributed by atoms with Gasteiger partial charge in [-0.15, -0.1) is 10.1 Å². The lowest BCUT2D eigenvalue weighted by atomic mass is 9.98. The van der Waals surface area contributed by atoms with E-state index in [9.17, 15) is 9.59 Å². The first-order valence-electron chi connectivity index (χ1n) is 10.0. The fraction of sp³-hybridized carbons (Fsp3) is 0.160. The van der Waals surface area contributed by atoms with Crippen LogP contribution in [0, 0.1) is 13.8 Å². The average Bonchev–Trinajstić information content (AvgIpc) is 3.05. The molecular formula is C25H23ClN3O2+. The smallest absolute Gasteiger partial charge is 0.304 e. The van der Waals surface area contributed by atoms with Crippen molar-refractivity contribution in [3.63, 3.8) is 0 Å². The Bertz CT molecular complexity index is 1150.